The van der Waals surface area contributed by atoms with Gasteiger partial charge in [-0.25, -0.2) is 4.98 Å². The van der Waals surface area contributed by atoms with E-state index in [2.05, 4.69) is 20.2 Å². The molecule has 0 spiro atoms. The van der Waals surface area contributed by atoms with Gasteiger partial charge in [-0.1, -0.05) is 19.3 Å². The fourth-order valence-corrected chi connectivity index (χ4v) is 6.39. The highest BCUT2D eigenvalue weighted by Gasteiger charge is 2.48. The number of carbonyl (C=O) groups is 5. The van der Waals surface area contributed by atoms with E-state index in [9.17, 15) is 24.0 Å². The highest BCUT2D eigenvalue weighted by Crippen LogP contribution is 2.36. The molecule has 45 heavy (non-hydrogen) atoms. The molecule has 2 saturated carbocycles. The van der Waals surface area contributed by atoms with Crippen molar-refractivity contribution < 1.29 is 28.4 Å². The maximum atomic E-state index is 13.4. The third-order valence-corrected chi connectivity index (χ3v) is 8.79. The van der Waals surface area contributed by atoms with Crippen LogP contribution in [0.3, 0.4) is 0 Å². The van der Waals surface area contributed by atoms with Crippen LogP contribution in [0.25, 0.3) is 33.3 Å². The summed E-state index contributed by atoms with van der Waals surface area (Å²) in [5, 5.41) is 6.27. The second-order valence-electron chi connectivity index (χ2n) is 11.7. The number of rotatable bonds is 9. The smallest absolute Gasteiger partial charge is 0.269 e. The molecule has 2 amide bonds. The van der Waals surface area contributed by atoms with Crippen LogP contribution in [0, 0.1) is 0 Å². The summed E-state index contributed by atoms with van der Waals surface area (Å²) in [5.41, 5.74) is 10.4. The first-order valence-corrected chi connectivity index (χ1v) is 14.9. The maximum absolute atomic E-state index is 13.4. The minimum atomic E-state index is -1.20. The zero-order valence-electron chi connectivity index (χ0n) is 24.2. The van der Waals surface area contributed by atoms with E-state index in [0.29, 0.717) is 33.8 Å². The predicted molar refractivity (Wildman–Crippen MR) is 164 cm³/mol. The fourth-order valence-electron chi connectivity index (χ4n) is 6.39. The number of hydrogen-bond acceptors (Lipinski definition) is 8. The highest BCUT2D eigenvalue weighted by molar-refractivity contribution is 6.79. The van der Waals surface area contributed by atoms with Crippen LogP contribution in [-0.4, -0.2) is 55.8 Å². The van der Waals surface area contributed by atoms with Crippen LogP contribution in [0.1, 0.15) is 54.1 Å². The molecular formula is C33H30N6O6. The lowest BCUT2D eigenvalue weighted by atomic mass is 9.87. The Bertz CT molecular complexity index is 1980. The lowest BCUT2D eigenvalue weighted by molar-refractivity contribution is -0.152. The molecule has 3 heterocycles. The lowest BCUT2D eigenvalue weighted by Gasteiger charge is -2.25. The predicted octanol–water partition coefficient (Wildman–Crippen LogP) is 3.61. The van der Waals surface area contributed by atoms with E-state index in [1.807, 2.05) is 12.1 Å². The number of amides is 2. The van der Waals surface area contributed by atoms with Gasteiger partial charge in [-0.05, 0) is 60.9 Å². The van der Waals surface area contributed by atoms with Gasteiger partial charge in [-0.2, -0.15) is 0 Å². The number of H-pyrrole nitrogens is 1. The van der Waals surface area contributed by atoms with Gasteiger partial charge in [0.05, 0.1) is 22.9 Å². The Balaban J connectivity index is 1.13. The molecule has 0 unspecified atom stereocenters. The van der Waals surface area contributed by atoms with E-state index in [1.54, 1.807) is 49.1 Å². The van der Waals surface area contributed by atoms with E-state index in [0.717, 1.165) is 48.1 Å². The normalized spacial score (nSPS) is 16.7. The first-order valence-electron chi connectivity index (χ1n) is 14.9. The van der Waals surface area contributed by atoms with Crippen molar-refractivity contribution in [2.45, 2.75) is 56.7 Å². The van der Waals surface area contributed by atoms with E-state index < -0.39 is 41.2 Å². The molecule has 12 heteroatoms. The second kappa shape index (κ2) is 11.2. The zero-order valence-corrected chi connectivity index (χ0v) is 24.2. The minimum Gasteiger partial charge on any atom is -0.472 e. The summed E-state index contributed by atoms with van der Waals surface area (Å²) in [7, 11) is 0. The molecule has 2 aliphatic carbocycles. The molecule has 2 aliphatic rings. The number of primary amides is 1. The number of carbonyl (C=O) groups excluding carboxylic acids is 5. The summed E-state index contributed by atoms with van der Waals surface area (Å²) >= 11 is 0. The number of aromatic amines is 1. The number of anilines is 1. The van der Waals surface area contributed by atoms with Gasteiger partial charge in [-0.15, -0.1) is 0 Å². The molecule has 0 saturated heterocycles. The molecule has 2 aromatic carbocycles. The number of Topliss-reactive ketones (excluding diaryl/α,β-unsaturated/α-hetero) is 3. The van der Waals surface area contributed by atoms with E-state index in [4.69, 9.17) is 15.1 Å². The van der Waals surface area contributed by atoms with Gasteiger partial charge >= 0.3 is 0 Å². The Hall–Kier alpha value is -5.52. The van der Waals surface area contributed by atoms with Crippen LogP contribution in [0.4, 0.5) is 5.69 Å². The van der Waals surface area contributed by atoms with Crippen LogP contribution in [0.15, 0.2) is 65.6 Å². The quantitative estimate of drug-likeness (QED) is 0.145. The van der Waals surface area contributed by atoms with Crippen molar-refractivity contribution in [3.8, 4) is 11.4 Å². The van der Waals surface area contributed by atoms with Crippen LogP contribution in [0.2, 0.25) is 0 Å². The van der Waals surface area contributed by atoms with E-state index >= 15 is 0 Å². The van der Waals surface area contributed by atoms with Crippen molar-refractivity contribution in [1.29, 1.82) is 0 Å². The summed E-state index contributed by atoms with van der Waals surface area (Å²) in [6.45, 7) is 0. The standard InChI is InChI=1S/C33H30N6O6/c34-31(43)25(13-19-15-35-23-8-7-20(14-22(19)23)36-27-28(40)30(42)29(27)41)38-33(44)17-6-9-26-24(12-17)37-32(18-10-11-45-16-18)39(26)21-4-2-1-3-5-21/h6-12,14-16,21,25,27,35-36H,1-5,13H2,(H2,34,43)(H,38,44)/t25-/m0/s1. The Morgan fingerprint density at radius 3 is 2.58 bits per heavy atom. The fraction of sp³-hybridized carbons (Fsp3) is 0.273. The Kier molecular flexibility index (Phi) is 7.03. The van der Waals surface area contributed by atoms with Crippen molar-refractivity contribution in [1.82, 2.24) is 19.9 Å². The molecule has 0 bridgehead atoms. The number of nitrogens with one attached hydrogen (secondary N) is 3. The van der Waals surface area contributed by atoms with Crippen molar-refractivity contribution in [3.05, 3.63) is 72.3 Å². The first-order chi connectivity index (χ1) is 21.8. The summed E-state index contributed by atoms with van der Waals surface area (Å²) in [5.74, 6) is -2.94. The van der Waals surface area contributed by atoms with Gasteiger partial charge in [0, 0.05) is 40.8 Å². The molecule has 228 valence electrons. The second-order valence-corrected chi connectivity index (χ2v) is 11.7. The van der Waals surface area contributed by atoms with Gasteiger partial charge in [-0.3, -0.25) is 24.0 Å². The van der Waals surface area contributed by atoms with Gasteiger partial charge in [0.25, 0.3) is 11.7 Å². The molecule has 12 nitrogen and oxygen atoms in total. The van der Waals surface area contributed by atoms with Crippen LogP contribution >= 0.6 is 0 Å². The Morgan fingerprint density at radius 2 is 1.84 bits per heavy atom. The monoisotopic (exact) mass is 606 g/mol. The number of hydrogen-bond donors (Lipinski definition) is 4. The topological polar surface area (TPSA) is 182 Å². The minimum absolute atomic E-state index is 0.0908. The van der Waals surface area contributed by atoms with Crippen LogP contribution in [-0.2, 0) is 25.6 Å². The lowest BCUT2D eigenvalue weighted by Crippen LogP contribution is -2.57. The first kappa shape index (κ1) is 28.3. The Labute approximate surface area is 256 Å². The average molecular weight is 607 g/mol. The van der Waals surface area contributed by atoms with E-state index in [1.165, 1.54) is 6.42 Å². The largest absolute Gasteiger partial charge is 0.472 e. The highest BCUT2D eigenvalue weighted by atomic mass is 16.3. The molecule has 5 N–H and O–H groups in total. The molecule has 1 atom stereocenters. The van der Waals surface area contributed by atoms with Crippen molar-refractivity contribution in [3.63, 3.8) is 0 Å². The molecule has 0 radical (unpaired) electrons. The summed E-state index contributed by atoms with van der Waals surface area (Å²) in [6.07, 6.45) is 10.7. The third kappa shape index (κ3) is 5.07. The number of furan rings is 1. The van der Waals surface area contributed by atoms with Crippen molar-refractivity contribution in [2.24, 2.45) is 5.73 Å². The van der Waals surface area contributed by atoms with Crippen molar-refractivity contribution in [2.75, 3.05) is 5.32 Å². The number of nitrogens with two attached hydrogens (primary N) is 1. The number of aromatic nitrogens is 3. The summed E-state index contributed by atoms with van der Waals surface area (Å²) < 4.78 is 7.59. The number of ketones is 3. The van der Waals surface area contributed by atoms with E-state index in [-0.39, 0.29) is 6.42 Å². The molecule has 2 fully saturated rings. The summed E-state index contributed by atoms with van der Waals surface area (Å²) in [4.78, 5) is 68.8. The third-order valence-electron chi connectivity index (χ3n) is 8.79. The van der Waals surface area contributed by atoms with Gasteiger partial charge in [0.1, 0.15) is 18.1 Å². The maximum Gasteiger partial charge on any atom is 0.269 e. The molecule has 0 aliphatic heterocycles. The average Bonchev–Trinajstić information content (AvgIpc) is 3.81. The van der Waals surface area contributed by atoms with Gasteiger partial charge < -0.3 is 30.3 Å². The summed E-state index contributed by atoms with van der Waals surface area (Å²) in [6, 6.07) is 10.4. The van der Waals surface area contributed by atoms with Gasteiger partial charge in [0.15, 0.2) is 6.04 Å². The molecule has 7 rings (SSSR count). The van der Waals surface area contributed by atoms with Crippen LogP contribution < -0.4 is 16.4 Å². The molecule has 3 aromatic heterocycles. The SMILES string of the molecule is NC(=O)[C@H](Cc1c[nH]c2ccc(NC3C(=O)C(=O)C3=O)cc12)NC(=O)c1ccc2c(c1)nc(-c1ccoc1)n2C1CCCCC1. The zero-order chi connectivity index (χ0) is 31.2. The number of nitrogens with zero attached hydrogens (tertiary/aromatic N) is 2. The number of fused-ring (bicyclic) bond motifs is 2. The van der Waals surface area contributed by atoms with Gasteiger partial charge in [0.2, 0.25) is 17.5 Å². The van der Waals surface area contributed by atoms with Crippen molar-refractivity contribution >= 4 is 56.8 Å². The number of imidazole rings is 1. The molecule has 5 aromatic rings. The molecular weight excluding hydrogens is 576 g/mol. The Morgan fingerprint density at radius 1 is 1.04 bits per heavy atom. The van der Waals surface area contributed by atoms with Crippen LogP contribution in [0.5, 0.6) is 0 Å². The number of benzene rings is 2.